The van der Waals surface area contributed by atoms with Crippen LogP contribution < -0.4 is 4.57 Å². The molecule has 0 radical (unpaired) electrons. The van der Waals surface area contributed by atoms with Crippen molar-refractivity contribution in [3.8, 4) is 0 Å². The molecule has 35 heavy (non-hydrogen) atoms. The van der Waals surface area contributed by atoms with E-state index >= 15 is 0 Å². The van der Waals surface area contributed by atoms with E-state index in [1.165, 1.54) is 12.8 Å². The molecule has 2 saturated heterocycles. The van der Waals surface area contributed by atoms with Crippen LogP contribution in [0.25, 0.3) is 0 Å². The fourth-order valence-electron chi connectivity index (χ4n) is 4.01. The average Bonchev–Trinajstić information content (AvgIpc) is 3.50. The summed E-state index contributed by atoms with van der Waals surface area (Å²) in [6, 6.07) is 18.8. The van der Waals surface area contributed by atoms with Crippen LogP contribution in [0.3, 0.4) is 0 Å². The van der Waals surface area contributed by atoms with Gasteiger partial charge in [0.05, 0.1) is 13.6 Å². The highest BCUT2D eigenvalue weighted by Crippen LogP contribution is 2.32. The summed E-state index contributed by atoms with van der Waals surface area (Å²) in [5.41, 5.74) is 1.84. The van der Waals surface area contributed by atoms with Gasteiger partial charge in [0.15, 0.2) is 0 Å². The molecule has 184 valence electrons. The molecule has 0 N–H and O–H groups in total. The fourth-order valence-corrected chi connectivity index (χ4v) is 4.01. The van der Waals surface area contributed by atoms with Crippen molar-refractivity contribution in [3.05, 3.63) is 90.5 Å². The average molecular weight is 478 g/mol. The molecule has 0 aliphatic carbocycles. The smallest absolute Gasteiger partial charge is 0.606 e. The monoisotopic (exact) mass is 478 g/mol. The summed E-state index contributed by atoms with van der Waals surface area (Å²) in [6.07, 6.45) is 7.76. The predicted octanol–water partition coefficient (Wildman–Crippen LogP) is 2.90. The summed E-state index contributed by atoms with van der Waals surface area (Å²) in [6.45, 7) is 0.550. The molecule has 2 atom stereocenters. The van der Waals surface area contributed by atoms with Gasteiger partial charge >= 0.3 is 6.96 Å². The van der Waals surface area contributed by atoms with Crippen molar-refractivity contribution in [2.45, 2.75) is 51.4 Å². The normalized spacial score (nSPS) is 20.3. The summed E-state index contributed by atoms with van der Waals surface area (Å²) in [5.74, 6) is -1.17. The molecule has 2 aromatic carbocycles. The molecule has 1 aromatic heterocycles. The third-order valence-corrected chi connectivity index (χ3v) is 5.83. The highest BCUT2D eigenvalue weighted by Gasteiger charge is 2.56. The van der Waals surface area contributed by atoms with Gasteiger partial charge in [-0.05, 0) is 17.5 Å². The molecule has 3 aromatic rings. The Bertz CT molecular complexity index is 1050. The maximum atomic E-state index is 12.1. The van der Waals surface area contributed by atoms with E-state index in [1.807, 2.05) is 67.7 Å². The number of hydrogen-bond acceptors (Lipinski definition) is 6. The van der Waals surface area contributed by atoms with Crippen molar-refractivity contribution in [2.75, 3.05) is 0 Å². The summed E-state index contributed by atoms with van der Waals surface area (Å²) < 4.78 is 25.8. The van der Waals surface area contributed by atoms with E-state index in [-0.39, 0.29) is 0 Å². The maximum Gasteiger partial charge on any atom is 0.657 e. The number of carbonyl (C=O) groups excluding carboxylic acids is 2. The van der Waals surface area contributed by atoms with Crippen LogP contribution in [0.4, 0.5) is 0 Å². The number of benzene rings is 2. The number of aryl methyl sites for hydroxylation is 2. The molecular formula is C26H31BN2O6. The van der Waals surface area contributed by atoms with Crippen molar-refractivity contribution in [2.24, 2.45) is 7.05 Å². The van der Waals surface area contributed by atoms with E-state index in [9.17, 15) is 9.59 Å². The summed E-state index contributed by atoms with van der Waals surface area (Å²) in [5, 5.41) is 0. The molecule has 0 bridgehead atoms. The molecule has 3 heterocycles. The van der Waals surface area contributed by atoms with E-state index in [2.05, 4.69) is 34.8 Å². The Morgan fingerprint density at radius 3 is 1.80 bits per heavy atom. The molecule has 9 heteroatoms. The van der Waals surface area contributed by atoms with Gasteiger partial charge < -0.3 is 18.6 Å². The van der Waals surface area contributed by atoms with E-state index in [1.54, 1.807) is 0 Å². The first-order valence-electron chi connectivity index (χ1n) is 12.0. The van der Waals surface area contributed by atoms with Crippen LogP contribution in [0.5, 0.6) is 0 Å². The van der Waals surface area contributed by atoms with E-state index in [0.29, 0.717) is 12.8 Å². The van der Waals surface area contributed by atoms with Crippen LogP contribution in [-0.2, 0) is 54.6 Å². The van der Waals surface area contributed by atoms with Crippen molar-refractivity contribution in [1.82, 2.24) is 4.57 Å². The van der Waals surface area contributed by atoms with Crippen LogP contribution in [0, 0.1) is 0 Å². The molecule has 0 unspecified atom stereocenters. The summed E-state index contributed by atoms with van der Waals surface area (Å²) in [4.78, 5) is 24.2. The SMILES string of the molecule is CCCCn1cc[n+](C)c1.O=C1O[B-]2(OC(=O)[C@@H](Cc3ccccc3)O2)O[C@@H]1Cc1ccccc1. The fraction of sp³-hybridized carbons (Fsp3) is 0.346. The van der Waals surface area contributed by atoms with Crippen LogP contribution in [-0.4, -0.2) is 35.7 Å². The lowest BCUT2D eigenvalue weighted by Gasteiger charge is -2.26. The van der Waals surface area contributed by atoms with Gasteiger partial charge in [-0.2, -0.15) is 0 Å². The van der Waals surface area contributed by atoms with E-state index < -0.39 is 31.1 Å². The summed E-state index contributed by atoms with van der Waals surface area (Å²) in [7, 11) is 2.04. The van der Waals surface area contributed by atoms with Crippen molar-refractivity contribution >= 4 is 18.9 Å². The minimum absolute atomic E-state index is 0.327. The number of carbonyl (C=O) groups is 2. The molecule has 8 nitrogen and oxygen atoms in total. The second-order valence-corrected chi connectivity index (χ2v) is 8.75. The lowest BCUT2D eigenvalue weighted by molar-refractivity contribution is -0.671. The van der Waals surface area contributed by atoms with Gasteiger partial charge in [0.25, 0.3) is 11.9 Å². The van der Waals surface area contributed by atoms with Crippen LogP contribution in [0.2, 0.25) is 0 Å². The number of imidazole rings is 1. The molecule has 1 spiro atoms. The highest BCUT2D eigenvalue weighted by molar-refractivity contribution is 6.61. The molecule has 0 saturated carbocycles. The molecule has 2 aliphatic rings. The van der Waals surface area contributed by atoms with Crippen LogP contribution in [0.15, 0.2) is 79.4 Å². The molecule has 0 amide bonds. The van der Waals surface area contributed by atoms with Crippen molar-refractivity contribution < 1.29 is 32.8 Å². The quantitative estimate of drug-likeness (QED) is 0.384. The minimum Gasteiger partial charge on any atom is -0.606 e. The predicted molar refractivity (Wildman–Crippen MR) is 128 cm³/mol. The first kappa shape index (κ1) is 24.7. The van der Waals surface area contributed by atoms with Gasteiger partial charge in [-0.3, -0.25) is 9.59 Å². The van der Waals surface area contributed by atoms with E-state index in [0.717, 1.165) is 17.7 Å². The van der Waals surface area contributed by atoms with Gasteiger partial charge in [0, 0.05) is 12.8 Å². The lowest BCUT2D eigenvalue weighted by atomic mass is 10.1. The maximum absolute atomic E-state index is 12.1. The van der Waals surface area contributed by atoms with Gasteiger partial charge in [0.2, 0.25) is 6.33 Å². The number of rotatable bonds is 7. The third-order valence-electron chi connectivity index (χ3n) is 5.83. The Kier molecular flexibility index (Phi) is 8.00. The number of unbranched alkanes of at least 4 members (excludes halogenated alkanes) is 1. The van der Waals surface area contributed by atoms with Gasteiger partial charge in [-0.25, -0.2) is 9.13 Å². The summed E-state index contributed by atoms with van der Waals surface area (Å²) >= 11 is 0. The Balaban J connectivity index is 0.000000243. The van der Waals surface area contributed by atoms with Gasteiger partial charge in [-0.1, -0.05) is 74.0 Å². The number of hydrogen-bond donors (Lipinski definition) is 0. The highest BCUT2D eigenvalue weighted by atomic mass is 16.9. The first-order chi connectivity index (χ1) is 17.0. The van der Waals surface area contributed by atoms with E-state index in [4.69, 9.17) is 18.6 Å². The standard InChI is InChI=1S/C18H16BO6.C8H15N2/c20-17-15(11-13-7-3-1-4-8-13)22-19(24-17)23-16(18(21)25-19)12-14-9-5-2-6-10-14;1-3-4-5-10-7-6-9(2)8-10/h1-10,15-16H,11-12H2;6-8H,3-5H2,1-2H3/q-1;+1/t15-,16-,19?;/m1./s1. The zero-order chi connectivity index (χ0) is 24.7. The Hall–Kier alpha value is -3.43. The molecular weight excluding hydrogens is 447 g/mol. The topological polar surface area (TPSA) is 79.9 Å². The van der Waals surface area contributed by atoms with Gasteiger partial charge in [0.1, 0.15) is 24.6 Å². The molecule has 2 aliphatic heterocycles. The number of aromatic nitrogens is 2. The van der Waals surface area contributed by atoms with Crippen molar-refractivity contribution in [1.29, 1.82) is 0 Å². The largest absolute Gasteiger partial charge is 0.657 e. The van der Waals surface area contributed by atoms with Gasteiger partial charge in [-0.15, -0.1) is 0 Å². The lowest BCUT2D eigenvalue weighted by Crippen LogP contribution is -2.41. The zero-order valence-corrected chi connectivity index (χ0v) is 20.1. The Labute approximate surface area is 205 Å². The second-order valence-electron chi connectivity index (χ2n) is 8.75. The first-order valence-corrected chi connectivity index (χ1v) is 12.0. The number of nitrogens with zero attached hydrogens (tertiary/aromatic N) is 2. The van der Waals surface area contributed by atoms with Crippen LogP contribution in [0.1, 0.15) is 30.9 Å². The second kappa shape index (κ2) is 11.3. The molecule has 5 rings (SSSR count). The van der Waals surface area contributed by atoms with Crippen molar-refractivity contribution in [3.63, 3.8) is 0 Å². The Morgan fingerprint density at radius 1 is 0.857 bits per heavy atom. The van der Waals surface area contributed by atoms with Crippen LogP contribution >= 0.6 is 0 Å². The third kappa shape index (κ3) is 6.58. The minimum atomic E-state index is -2.81. The Morgan fingerprint density at radius 2 is 1.37 bits per heavy atom. The zero-order valence-electron chi connectivity index (χ0n) is 20.1. The molecule has 2 fully saturated rings.